The maximum Gasteiger partial charge on any atom is 0.356 e. The van der Waals surface area contributed by atoms with Gasteiger partial charge in [-0.05, 0) is 18.1 Å². The molecule has 0 aliphatic heterocycles. The number of rotatable bonds is 3. The first-order valence-corrected chi connectivity index (χ1v) is 6.18. The monoisotopic (exact) mass is 296 g/mol. The van der Waals surface area contributed by atoms with E-state index in [4.69, 9.17) is 5.11 Å². The summed E-state index contributed by atoms with van der Waals surface area (Å²) in [6.45, 7) is 4.17. The van der Waals surface area contributed by atoms with Crippen LogP contribution in [0.4, 0.5) is 0 Å². The molecule has 0 aliphatic rings. The van der Waals surface area contributed by atoms with Gasteiger partial charge in [-0.1, -0.05) is 29.8 Å². The van der Waals surface area contributed by atoms with Crippen LogP contribution in [0, 0.1) is 5.92 Å². The maximum absolute atomic E-state index is 11.1. The molecule has 2 rings (SSSR count). The number of nitrogens with zero attached hydrogens (tertiary/aromatic N) is 2. The normalized spacial score (nSPS) is 11.3. The minimum atomic E-state index is -0.990. The van der Waals surface area contributed by atoms with Crippen LogP contribution in [0.3, 0.4) is 0 Å². The van der Waals surface area contributed by atoms with Crippen molar-refractivity contribution in [2.24, 2.45) is 5.92 Å². The van der Waals surface area contributed by atoms with Crippen LogP contribution in [0.15, 0.2) is 22.8 Å². The average Bonchev–Trinajstić information content (AvgIpc) is 2.55. The summed E-state index contributed by atoms with van der Waals surface area (Å²) < 4.78 is 2.69. The number of fused-ring (bicyclic) bond motifs is 1. The smallest absolute Gasteiger partial charge is 0.356 e. The Bertz CT molecular complexity index is 575. The summed E-state index contributed by atoms with van der Waals surface area (Å²) in [7, 11) is 0. The summed E-state index contributed by atoms with van der Waals surface area (Å²) in [5, 5.41) is 9.13. The number of hydrogen-bond donors (Lipinski definition) is 1. The van der Waals surface area contributed by atoms with Gasteiger partial charge in [0.25, 0.3) is 0 Å². The zero-order chi connectivity index (χ0) is 12.6. The van der Waals surface area contributed by atoms with E-state index in [1.54, 1.807) is 6.07 Å². The lowest BCUT2D eigenvalue weighted by Crippen LogP contribution is -2.00. The Hall–Kier alpha value is -1.36. The second-order valence-electron chi connectivity index (χ2n) is 4.38. The van der Waals surface area contributed by atoms with Crippen molar-refractivity contribution in [2.45, 2.75) is 20.3 Å². The Morgan fingerprint density at radius 1 is 1.59 bits per heavy atom. The summed E-state index contributed by atoms with van der Waals surface area (Å²) in [4.78, 5) is 15.3. The van der Waals surface area contributed by atoms with E-state index in [0.717, 1.165) is 16.7 Å². The van der Waals surface area contributed by atoms with Crippen molar-refractivity contribution in [1.29, 1.82) is 0 Å². The number of hydrogen-bond acceptors (Lipinski definition) is 2. The molecule has 2 aromatic rings. The second-order valence-corrected chi connectivity index (χ2v) is 5.30. The molecule has 0 saturated carbocycles. The molecule has 0 saturated heterocycles. The fourth-order valence-corrected chi connectivity index (χ4v) is 2.12. The number of carboxylic acids is 1. The first-order chi connectivity index (χ1) is 7.99. The molecule has 0 spiro atoms. The molecule has 0 radical (unpaired) electrons. The molecule has 0 bridgehead atoms. The first-order valence-electron chi connectivity index (χ1n) is 5.39. The highest BCUT2D eigenvalue weighted by atomic mass is 79.9. The third-order valence-corrected chi connectivity index (χ3v) is 2.97. The third-order valence-electron chi connectivity index (χ3n) is 2.47. The Labute approximate surface area is 107 Å². The van der Waals surface area contributed by atoms with Crippen LogP contribution < -0.4 is 0 Å². The van der Waals surface area contributed by atoms with Crippen LogP contribution in [0.1, 0.15) is 30.2 Å². The highest BCUT2D eigenvalue weighted by molar-refractivity contribution is 9.10. The molecule has 17 heavy (non-hydrogen) atoms. The Morgan fingerprint density at radius 2 is 2.29 bits per heavy atom. The van der Waals surface area contributed by atoms with Gasteiger partial charge in [0, 0.05) is 17.1 Å². The second kappa shape index (κ2) is 4.49. The molecule has 0 unspecified atom stereocenters. The largest absolute Gasteiger partial charge is 0.476 e. The van der Waals surface area contributed by atoms with E-state index >= 15 is 0 Å². The van der Waals surface area contributed by atoms with E-state index < -0.39 is 5.97 Å². The Morgan fingerprint density at radius 3 is 2.88 bits per heavy atom. The van der Waals surface area contributed by atoms with Gasteiger partial charge < -0.3 is 9.51 Å². The van der Waals surface area contributed by atoms with E-state index in [1.165, 1.54) is 0 Å². The van der Waals surface area contributed by atoms with Gasteiger partial charge in [0.1, 0.15) is 5.82 Å². The SMILES string of the molecule is CC(C)Cc1nc(C(=O)O)c2cc(Br)ccn12. The summed E-state index contributed by atoms with van der Waals surface area (Å²) >= 11 is 3.34. The van der Waals surface area contributed by atoms with E-state index in [9.17, 15) is 4.79 Å². The number of aromatic nitrogens is 2. The van der Waals surface area contributed by atoms with E-state index in [1.807, 2.05) is 16.7 Å². The summed E-state index contributed by atoms with van der Waals surface area (Å²) in [6.07, 6.45) is 2.60. The molecule has 5 heteroatoms. The van der Waals surface area contributed by atoms with Gasteiger partial charge in [0.2, 0.25) is 0 Å². The first kappa shape index (κ1) is 12.1. The lowest BCUT2D eigenvalue weighted by atomic mass is 10.1. The van der Waals surface area contributed by atoms with Gasteiger partial charge in [-0.25, -0.2) is 9.78 Å². The number of aromatic carboxylic acids is 1. The van der Waals surface area contributed by atoms with Gasteiger partial charge in [0.15, 0.2) is 5.69 Å². The molecule has 90 valence electrons. The van der Waals surface area contributed by atoms with Gasteiger partial charge in [-0.3, -0.25) is 0 Å². The van der Waals surface area contributed by atoms with E-state index in [0.29, 0.717) is 11.4 Å². The number of halogens is 1. The van der Waals surface area contributed by atoms with Crippen molar-refractivity contribution in [3.63, 3.8) is 0 Å². The van der Waals surface area contributed by atoms with Crippen LogP contribution in [0.5, 0.6) is 0 Å². The highest BCUT2D eigenvalue weighted by Crippen LogP contribution is 2.20. The fourth-order valence-electron chi connectivity index (χ4n) is 1.79. The van der Waals surface area contributed by atoms with Crippen LogP contribution in [-0.4, -0.2) is 20.5 Å². The molecule has 0 aromatic carbocycles. The highest BCUT2D eigenvalue weighted by Gasteiger charge is 2.17. The Balaban J connectivity index is 2.66. The van der Waals surface area contributed by atoms with Crippen molar-refractivity contribution in [3.8, 4) is 0 Å². The minimum absolute atomic E-state index is 0.113. The molecule has 0 aliphatic carbocycles. The number of pyridine rings is 1. The maximum atomic E-state index is 11.1. The zero-order valence-electron chi connectivity index (χ0n) is 9.64. The van der Waals surface area contributed by atoms with Gasteiger partial charge >= 0.3 is 5.97 Å². The predicted molar refractivity (Wildman–Crippen MR) is 68.4 cm³/mol. The lowest BCUT2D eigenvalue weighted by Gasteiger charge is -2.03. The van der Waals surface area contributed by atoms with E-state index in [2.05, 4.69) is 34.8 Å². The molecule has 0 fully saturated rings. The number of imidazole rings is 1. The molecule has 1 N–H and O–H groups in total. The van der Waals surface area contributed by atoms with Crippen LogP contribution >= 0.6 is 15.9 Å². The number of carboxylic acid groups (broad SMARTS) is 1. The van der Waals surface area contributed by atoms with Crippen molar-refractivity contribution in [3.05, 3.63) is 34.3 Å². The molecular formula is C12H13BrN2O2. The third kappa shape index (κ3) is 2.34. The van der Waals surface area contributed by atoms with E-state index in [-0.39, 0.29) is 5.69 Å². The molecular weight excluding hydrogens is 284 g/mol. The average molecular weight is 297 g/mol. The van der Waals surface area contributed by atoms with Crippen LogP contribution in [-0.2, 0) is 6.42 Å². The van der Waals surface area contributed by atoms with Gasteiger partial charge in [-0.15, -0.1) is 0 Å². The van der Waals surface area contributed by atoms with Gasteiger partial charge in [-0.2, -0.15) is 0 Å². The molecule has 0 atom stereocenters. The predicted octanol–water partition coefficient (Wildman–Crippen LogP) is 2.99. The fraction of sp³-hybridized carbons (Fsp3) is 0.333. The van der Waals surface area contributed by atoms with Gasteiger partial charge in [0.05, 0.1) is 5.52 Å². The standard InChI is InChI=1S/C12H13BrN2O2/c1-7(2)5-10-14-11(12(16)17)9-6-8(13)3-4-15(9)10/h3-4,6-7H,5H2,1-2H3,(H,16,17). The topological polar surface area (TPSA) is 54.6 Å². The summed E-state index contributed by atoms with van der Waals surface area (Å²) in [5.41, 5.74) is 0.740. The number of carbonyl (C=O) groups is 1. The summed E-state index contributed by atoms with van der Waals surface area (Å²) in [6, 6.07) is 3.66. The zero-order valence-corrected chi connectivity index (χ0v) is 11.2. The van der Waals surface area contributed by atoms with Crippen molar-refractivity contribution < 1.29 is 9.90 Å². The quantitative estimate of drug-likeness (QED) is 0.947. The Kier molecular flexibility index (Phi) is 3.19. The van der Waals surface area contributed by atoms with Crippen LogP contribution in [0.25, 0.3) is 5.52 Å². The lowest BCUT2D eigenvalue weighted by molar-refractivity contribution is 0.0693. The minimum Gasteiger partial charge on any atom is -0.476 e. The van der Waals surface area contributed by atoms with Crippen molar-refractivity contribution >= 4 is 27.4 Å². The molecule has 2 aromatic heterocycles. The van der Waals surface area contributed by atoms with Crippen molar-refractivity contribution in [1.82, 2.24) is 9.38 Å². The van der Waals surface area contributed by atoms with Crippen molar-refractivity contribution in [2.75, 3.05) is 0 Å². The molecule has 2 heterocycles. The van der Waals surface area contributed by atoms with Crippen LogP contribution in [0.2, 0.25) is 0 Å². The molecule has 4 nitrogen and oxygen atoms in total. The molecule has 0 amide bonds. The summed E-state index contributed by atoms with van der Waals surface area (Å²) in [5.74, 6) is 0.237.